The van der Waals surface area contributed by atoms with E-state index in [1.807, 2.05) is 31.2 Å². The summed E-state index contributed by atoms with van der Waals surface area (Å²) in [6.07, 6.45) is -4.27. The SMILES string of the molecule is Cc1ccccc1C(=O)N(CCCN1CCOCC1)CCS(=O)(=O)N1CCNCC1.O=C(O)C(F)(F)F. The molecule has 1 amide bonds. The fourth-order valence-corrected chi connectivity index (χ4v) is 5.33. The van der Waals surface area contributed by atoms with Gasteiger partial charge in [0.2, 0.25) is 10.0 Å². The molecule has 0 aromatic heterocycles. The van der Waals surface area contributed by atoms with Crippen LogP contribution < -0.4 is 5.32 Å². The number of piperazine rings is 1. The highest BCUT2D eigenvalue weighted by molar-refractivity contribution is 7.89. The Morgan fingerprint density at radius 3 is 2.24 bits per heavy atom. The number of nitrogens with zero attached hydrogens (tertiary/aromatic N) is 3. The Kier molecular flexibility index (Phi) is 12.2. The van der Waals surface area contributed by atoms with Crippen LogP contribution in [0, 0.1) is 6.92 Å². The van der Waals surface area contributed by atoms with E-state index in [9.17, 15) is 26.4 Å². The van der Waals surface area contributed by atoms with Gasteiger partial charge in [-0.2, -0.15) is 17.5 Å². The number of nitrogens with one attached hydrogen (secondary N) is 1. The van der Waals surface area contributed by atoms with E-state index in [2.05, 4.69) is 10.2 Å². The van der Waals surface area contributed by atoms with Gasteiger partial charge in [-0.15, -0.1) is 0 Å². The van der Waals surface area contributed by atoms with Crippen LogP contribution in [-0.4, -0.2) is 124 Å². The van der Waals surface area contributed by atoms with Gasteiger partial charge in [-0.1, -0.05) is 18.2 Å². The van der Waals surface area contributed by atoms with Crippen molar-refractivity contribution in [1.82, 2.24) is 19.4 Å². The van der Waals surface area contributed by atoms with Crippen molar-refractivity contribution in [2.45, 2.75) is 19.5 Å². The summed E-state index contributed by atoms with van der Waals surface area (Å²) in [5.41, 5.74) is 1.55. The van der Waals surface area contributed by atoms with Crippen LogP contribution in [-0.2, 0) is 19.6 Å². The molecule has 2 heterocycles. The summed E-state index contributed by atoms with van der Waals surface area (Å²) in [5, 5.41) is 10.3. The molecule has 2 aliphatic heterocycles. The molecule has 1 aromatic rings. The molecule has 0 spiro atoms. The standard InChI is InChI=1S/C21H34N4O4S.C2HF3O2/c1-19-5-2-3-6-20(19)21(26)24(10-4-9-23-13-16-29-17-14-23)15-18-30(27,28)25-11-7-22-8-12-25;3-2(4,5)1(6)7/h2-3,5-6,22H,4,7-18H2,1H3;(H,6,7). The Labute approximate surface area is 215 Å². The van der Waals surface area contributed by atoms with Gasteiger partial charge in [-0.05, 0) is 25.0 Å². The van der Waals surface area contributed by atoms with Gasteiger partial charge in [0.15, 0.2) is 0 Å². The Bertz CT molecular complexity index is 981. The van der Waals surface area contributed by atoms with Crippen LogP contribution in [0.3, 0.4) is 0 Å². The first-order chi connectivity index (χ1) is 17.4. The number of amides is 1. The molecule has 0 atom stereocenters. The molecular formula is C23H35F3N4O6S. The zero-order valence-electron chi connectivity index (χ0n) is 20.9. The van der Waals surface area contributed by atoms with E-state index in [1.165, 1.54) is 4.31 Å². The molecule has 37 heavy (non-hydrogen) atoms. The number of carbonyl (C=O) groups excluding carboxylic acids is 1. The number of sulfonamides is 1. The molecule has 0 aliphatic carbocycles. The lowest BCUT2D eigenvalue weighted by molar-refractivity contribution is -0.192. The molecule has 2 saturated heterocycles. The lowest BCUT2D eigenvalue weighted by Crippen LogP contribution is -2.48. The number of hydrogen-bond donors (Lipinski definition) is 2. The lowest BCUT2D eigenvalue weighted by Gasteiger charge is -2.30. The largest absolute Gasteiger partial charge is 0.490 e. The van der Waals surface area contributed by atoms with Gasteiger partial charge in [-0.3, -0.25) is 9.69 Å². The maximum absolute atomic E-state index is 13.2. The fourth-order valence-electron chi connectivity index (χ4n) is 3.89. The highest BCUT2D eigenvalue weighted by atomic mass is 32.2. The first-order valence-electron chi connectivity index (χ1n) is 12.1. The fraction of sp³-hybridized carbons (Fsp3) is 0.652. The van der Waals surface area contributed by atoms with Crippen LogP contribution in [0.15, 0.2) is 24.3 Å². The summed E-state index contributed by atoms with van der Waals surface area (Å²) in [6.45, 7) is 9.17. The number of carbonyl (C=O) groups is 2. The quantitative estimate of drug-likeness (QED) is 0.466. The highest BCUT2D eigenvalue weighted by Gasteiger charge is 2.38. The van der Waals surface area contributed by atoms with Gasteiger partial charge in [0.25, 0.3) is 5.91 Å². The topological polar surface area (TPSA) is 119 Å². The second-order valence-corrected chi connectivity index (χ2v) is 10.8. The molecule has 3 rings (SSSR count). The number of aryl methyl sites for hydroxylation is 1. The lowest BCUT2D eigenvalue weighted by atomic mass is 10.1. The third-order valence-electron chi connectivity index (χ3n) is 6.00. The maximum Gasteiger partial charge on any atom is 0.490 e. The number of carboxylic acid groups (broad SMARTS) is 1. The van der Waals surface area contributed by atoms with E-state index in [-0.39, 0.29) is 18.2 Å². The molecule has 0 bridgehead atoms. The minimum atomic E-state index is -5.08. The van der Waals surface area contributed by atoms with Gasteiger partial charge in [-0.25, -0.2) is 13.2 Å². The summed E-state index contributed by atoms with van der Waals surface area (Å²) in [7, 11) is -3.38. The summed E-state index contributed by atoms with van der Waals surface area (Å²) < 4.78 is 64.2. The van der Waals surface area contributed by atoms with E-state index in [0.717, 1.165) is 44.8 Å². The molecule has 0 unspecified atom stereocenters. The van der Waals surface area contributed by atoms with Gasteiger partial charge in [0.05, 0.1) is 19.0 Å². The first kappa shape index (κ1) is 31.0. The Balaban J connectivity index is 0.000000604. The van der Waals surface area contributed by atoms with Crippen molar-refractivity contribution in [3.8, 4) is 0 Å². The maximum atomic E-state index is 13.2. The Morgan fingerprint density at radius 1 is 1.08 bits per heavy atom. The number of rotatable bonds is 9. The number of alkyl halides is 3. The Hall–Kier alpha value is -2.26. The zero-order valence-corrected chi connectivity index (χ0v) is 21.7. The van der Waals surface area contributed by atoms with Crippen molar-refractivity contribution in [1.29, 1.82) is 0 Å². The number of carboxylic acids is 1. The first-order valence-corrected chi connectivity index (χ1v) is 13.7. The Morgan fingerprint density at radius 2 is 1.68 bits per heavy atom. The number of morpholine rings is 1. The average Bonchev–Trinajstić information content (AvgIpc) is 2.87. The van der Waals surface area contributed by atoms with Gasteiger partial charge in [0.1, 0.15) is 0 Å². The number of ether oxygens (including phenoxy) is 1. The normalized spacial score (nSPS) is 17.5. The van der Waals surface area contributed by atoms with E-state index in [1.54, 1.807) is 4.90 Å². The molecule has 210 valence electrons. The highest BCUT2D eigenvalue weighted by Crippen LogP contribution is 2.14. The molecule has 0 saturated carbocycles. The smallest absolute Gasteiger partial charge is 0.475 e. The molecule has 2 aliphatic rings. The molecule has 2 fully saturated rings. The summed E-state index contributed by atoms with van der Waals surface area (Å²) in [5.74, 6) is -2.89. The van der Waals surface area contributed by atoms with Crippen LogP contribution in [0.5, 0.6) is 0 Å². The number of aliphatic carboxylic acids is 1. The molecule has 10 nitrogen and oxygen atoms in total. The van der Waals surface area contributed by atoms with Crippen molar-refractivity contribution in [2.24, 2.45) is 0 Å². The van der Waals surface area contributed by atoms with Crippen molar-refractivity contribution >= 4 is 21.9 Å². The van der Waals surface area contributed by atoms with Crippen LogP contribution in [0.1, 0.15) is 22.3 Å². The molecule has 1 aromatic carbocycles. The van der Waals surface area contributed by atoms with Crippen LogP contribution >= 0.6 is 0 Å². The predicted octanol–water partition coefficient (Wildman–Crippen LogP) is 1.03. The number of halogens is 3. The van der Waals surface area contributed by atoms with Crippen molar-refractivity contribution < 1.29 is 41.0 Å². The van der Waals surface area contributed by atoms with Crippen LogP contribution in [0.2, 0.25) is 0 Å². The third kappa shape index (κ3) is 10.6. The van der Waals surface area contributed by atoms with Gasteiger partial charge in [0, 0.05) is 64.5 Å². The minimum absolute atomic E-state index is 0.0395. The number of hydrogen-bond acceptors (Lipinski definition) is 7. The molecule has 14 heteroatoms. The second kappa shape index (κ2) is 14.6. The second-order valence-electron chi connectivity index (χ2n) is 8.68. The van der Waals surface area contributed by atoms with Crippen molar-refractivity contribution in [3.63, 3.8) is 0 Å². The molecule has 2 N–H and O–H groups in total. The number of benzene rings is 1. The van der Waals surface area contributed by atoms with Crippen LogP contribution in [0.25, 0.3) is 0 Å². The molecular weight excluding hydrogens is 517 g/mol. The third-order valence-corrected chi connectivity index (χ3v) is 7.85. The van der Waals surface area contributed by atoms with Crippen molar-refractivity contribution in [3.05, 3.63) is 35.4 Å². The van der Waals surface area contributed by atoms with E-state index >= 15 is 0 Å². The summed E-state index contributed by atoms with van der Waals surface area (Å²) in [4.78, 5) is 26.2. The van der Waals surface area contributed by atoms with E-state index in [4.69, 9.17) is 14.6 Å². The van der Waals surface area contributed by atoms with Crippen molar-refractivity contribution in [2.75, 3.05) is 77.9 Å². The average molecular weight is 553 g/mol. The summed E-state index contributed by atoms with van der Waals surface area (Å²) >= 11 is 0. The van der Waals surface area contributed by atoms with Crippen LogP contribution in [0.4, 0.5) is 13.2 Å². The zero-order chi connectivity index (χ0) is 27.5. The minimum Gasteiger partial charge on any atom is -0.475 e. The van der Waals surface area contributed by atoms with E-state index in [0.29, 0.717) is 38.3 Å². The van der Waals surface area contributed by atoms with Gasteiger partial charge < -0.3 is 20.1 Å². The monoisotopic (exact) mass is 552 g/mol. The summed E-state index contributed by atoms with van der Waals surface area (Å²) in [6, 6.07) is 7.49. The van der Waals surface area contributed by atoms with Gasteiger partial charge >= 0.3 is 12.1 Å². The predicted molar refractivity (Wildman–Crippen MR) is 131 cm³/mol. The molecule has 0 radical (unpaired) electrons. The van der Waals surface area contributed by atoms with E-state index < -0.39 is 22.2 Å².